The second kappa shape index (κ2) is 12.3. The van der Waals surface area contributed by atoms with Crippen molar-refractivity contribution in [2.75, 3.05) is 11.6 Å². The number of halogens is 9. The number of nitrogens with zero attached hydrogens (tertiary/aromatic N) is 2. The van der Waals surface area contributed by atoms with Crippen LogP contribution in [0.5, 0.6) is 0 Å². The molecule has 0 bridgehead atoms. The molecule has 1 aliphatic heterocycles. The second-order valence-corrected chi connectivity index (χ2v) is 9.95. The first-order valence-electron chi connectivity index (χ1n) is 12.7. The van der Waals surface area contributed by atoms with Crippen molar-refractivity contribution >= 4 is 17.7 Å². The zero-order valence-corrected chi connectivity index (χ0v) is 22.6. The van der Waals surface area contributed by atoms with Crippen LogP contribution in [0.15, 0.2) is 36.4 Å². The first kappa shape index (κ1) is 32.9. The summed E-state index contributed by atoms with van der Waals surface area (Å²) in [5, 5.41) is 0.881. The molecule has 1 atom stereocenters. The van der Waals surface area contributed by atoms with Crippen LogP contribution in [0.2, 0.25) is 0 Å². The Kier molecular flexibility index (Phi) is 9.62. The van der Waals surface area contributed by atoms with Crippen molar-refractivity contribution in [2.24, 2.45) is 0 Å². The summed E-state index contributed by atoms with van der Waals surface area (Å²) in [6.07, 6.45) is -16.2. The van der Waals surface area contributed by atoms with E-state index in [2.05, 4.69) is 0 Å². The molecular formula is C27H27F9N2O4. The molecule has 1 amide bonds. The normalized spacial score (nSPS) is 16.4. The predicted octanol–water partition coefficient (Wildman–Crippen LogP) is 8.30. The molecule has 0 saturated heterocycles. The Morgan fingerprint density at radius 1 is 0.881 bits per heavy atom. The molecule has 0 aromatic heterocycles. The average Bonchev–Trinajstić information content (AvgIpc) is 2.83. The molecule has 3 rings (SSSR count). The third kappa shape index (κ3) is 8.22. The standard InChI is InChI=1S/C27H27F9N2O4/c1-15(2)41-24(40)42-38-9-5-4-6-22(21-8-7-18(13-23(21)38)25(28,29)30)37(16(3)39)14-17-10-19(26(31,32)33)12-20(11-17)27(34,35)36/h7-8,10-13,15,22H,4-6,9,14H2,1-3H3. The van der Waals surface area contributed by atoms with Crippen LogP contribution in [0, 0.1) is 0 Å². The molecule has 1 heterocycles. The summed E-state index contributed by atoms with van der Waals surface area (Å²) >= 11 is 0. The number of fused-ring (bicyclic) bond motifs is 1. The van der Waals surface area contributed by atoms with Gasteiger partial charge in [-0.1, -0.05) is 6.07 Å². The lowest BCUT2D eigenvalue weighted by Gasteiger charge is -2.37. The van der Waals surface area contributed by atoms with Gasteiger partial charge in [0.2, 0.25) is 5.91 Å². The zero-order chi connectivity index (χ0) is 31.6. The molecule has 0 radical (unpaired) electrons. The second-order valence-electron chi connectivity index (χ2n) is 9.95. The number of rotatable bonds is 5. The van der Waals surface area contributed by atoms with Gasteiger partial charge in [-0.15, -0.1) is 0 Å². The van der Waals surface area contributed by atoms with E-state index in [1.807, 2.05) is 0 Å². The summed E-state index contributed by atoms with van der Waals surface area (Å²) in [6.45, 7) is 3.29. The highest BCUT2D eigenvalue weighted by atomic mass is 19.4. The largest absolute Gasteiger partial charge is 0.533 e. The molecule has 1 aliphatic rings. The molecule has 0 spiro atoms. The molecule has 15 heteroatoms. The highest BCUT2D eigenvalue weighted by Gasteiger charge is 2.38. The quantitative estimate of drug-likeness (QED) is 0.251. The number of hydrogen-bond acceptors (Lipinski definition) is 5. The maximum Gasteiger partial charge on any atom is 0.533 e. The Bertz CT molecular complexity index is 1260. The number of anilines is 1. The van der Waals surface area contributed by atoms with Crippen LogP contribution in [0.1, 0.15) is 73.9 Å². The van der Waals surface area contributed by atoms with Crippen molar-refractivity contribution in [3.8, 4) is 0 Å². The lowest BCUT2D eigenvalue weighted by atomic mass is 9.93. The minimum atomic E-state index is -5.12. The molecule has 2 aromatic rings. The van der Waals surface area contributed by atoms with Crippen molar-refractivity contribution in [3.05, 3.63) is 64.2 Å². The summed E-state index contributed by atoms with van der Waals surface area (Å²) < 4.78 is 127. The SMILES string of the molecule is CC(=O)N(Cc1cc(C(F)(F)F)cc(C(F)(F)F)c1)C1CCCCN(OC(=O)OC(C)C)c2cc(C(F)(F)F)ccc21. The zero-order valence-electron chi connectivity index (χ0n) is 22.6. The fourth-order valence-electron chi connectivity index (χ4n) is 4.56. The number of amides is 1. The molecule has 0 aliphatic carbocycles. The van der Waals surface area contributed by atoms with Crippen molar-refractivity contribution in [1.82, 2.24) is 4.90 Å². The van der Waals surface area contributed by atoms with Gasteiger partial charge in [0.05, 0.1) is 41.1 Å². The number of hydroxylamine groups is 1. The Morgan fingerprint density at radius 2 is 1.45 bits per heavy atom. The van der Waals surface area contributed by atoms with Gasteiger partial charge < -0.3 is 14.5 Å². The smallest absolute Gasteiger partial charge is 0.430 e. The number of ether oxygens (including phenoxy) is 1. The third-order valence-electron chi connectivity index (χ3n) is 6.37. The van der Waals surface area contributed by atoms with Crippen LogP contribution >= 0.6 is 0 Å². The van der Waals surface area contributed by atoms with Gasteiger partial charge in [-0.05, 0) is 69.0 Å². The number of carbonyl (C=O) groups excluding carboxylic acids is 2. The predicted molar refractivity (Wildman–Crippen MR) is 131 cm³/mol. The highest BCUT2D eigenvalue weighted by Crippen LogP contribution is 2.42. The Labute approximate surface area is 234 Å². The van der Waals surface area contributed by atoms with Crippen LogP contribution in [-0.2, 0) is 39.4 Å². The lowest BCUT2D eigenvalue weighted by Crippen LogP contribution is -2.37. The summed E-state index contributed by atoms with van der Waals surface area (Å²) in [5.41, 5.74) is -4.98. The van der Waals surface area contributed by atoms with Crippen LogP contribution in [0.25, 0.3) is 0 Å². The van der Waals surface area contributed by atoms with Gasteiger partial charge in [0, 0.05) is 19.0 Å². The third-order valence-corrected chi connectivity index (χ3v) is 6.37. The van der Waals surface area contributed by atoms with E-state index < -0.39 is 71.5 Å². The summed E-state index contributed by atoms with van der Waals surface area (Å²) in [4.78, 5) is 31.2. The summed E-state index contributed by atoms with van der Waals surface area (Å²) in [5.74, 6) is -0.760. The van der Waals surface area contributed by atoms with E-state index in [1.54, 1.807) is 0 Å². The molecule has 1 unspecified atom stereocenters. The fourth-order valence-corrected chi connectivity index (χ4v) is 4.56. The van der Waals surface area contributed by atoms with E-state index in [1.165, 1.54) is 13.8 Å². The minimum Gasteiger partial charge on any atom is -0.430 e. The van der Waals surface area contributed by atoms with E-state index in [4.69, 9.17) is 9.57 Å². The first-order valence-corrected chi connectivity index (χ1v) is 12.7. The number of alkyl halides is 9. The number of benzene rings is 2. The van der Waals surface area contributed by atoms with E-state index in [0.29, 0.717) is 24.6 Å². The fraction of sp³-hybridized carbons (Fsp3) is 0.481. The summed E-state index contributed by atoms with van der Waals surface area (Å²) in [7, 11) is 0. The van der Waals surface area contributed by atoms with Crippen LogP contribution in [0.3, 0.4) is 0 Å². The molecule has 0 N–H and O–H groups in total. The van der Waals surface area contributed by atoms with E-state index >= 15 is 0 Å². The van der Waals surface area contributed by atoms with Crippen LogP contribution in [-0.4, -0.2) is 29.6 Å². The Hall–Kier alpha value is -3.65. The molecule has 2 aromatic carbocycles. The minimum absolute atomic E-state index is 0.0401. The average molecular weight is 615 g/mol. The number of carbonyl (C=O) groups is 2. The van der Waals surface area contributed by atoms with E-state index in [-0.39, 0.29) is 36.7 Å². The van der Waals surface area contributed by atoms with Crippen molar-refractivity contribution in [2.45, 2.75) is 77.3 Å². The van der Waals surface area contributed by atoms with Crippen molar-refractivity contribution < 1.29 is 58.7 Å². The van der Waals surface area contributed by atoms with Gasteiger partial charge in [0.15, 0.2) is 0 Å². The molecule has 6 nitrogen and oxygen atoms in total. The van der Waals surface area contributed by atoms with Crippen LogP contribution in [0.4, 0.5) is 50.0 Å². The van der Waals surface area contributed by atoms with Gasteiger partial charge in [0.1, 0.15) is 0 Å². The Morgan fingerprint density at radius 3 is 1.95 bits per heavy atom. The monoisotopic (exact) mass is 614 g/mol. The first-order chi connectivity index (χ1) is 19.3. The maximum absolute atomic E-state index is 13.6. The van der Waals surface area contributed by atoms with E-state index in [0.717, 1.165) is 29.0 Å². The molecular weight excluding hydrogens is 587 g/mol. The van der Waals surface area contributed by atoms with Gasteiger partial charge in [0.25, 0.3) is 0 Å². The summed E-state index contributed by atoms with van der Waals surface area (Å²) in [6, 6.07) is 2.29. The molecule has 42 heavy (non-hydrogen) atoms. The van der Waals surface area contributed by atoms with Crippen molar-refractivity contribution in [3.63, 3.8) is 0 Å². The molecule has 232 valence electrons. The lowest BCUT2D eigenvalue weighted by molar-refractivity contribution is -0.143. The topological polar surface area (TPSA) is 59.1 Å². The van der Waals surface area contributed by atoms with E-state index in [9.17, 15) is 49.1 Å². The van der Waals surface area contributed by atoms with Gasteiger partial charge in [-0.2, -0.15) is 39.5 Å². The molecule has 0 saturated carbocycles. The van der Waals surface area contributed by atoms with Gasteiger partial charge in [-0.3, -0.25) is 4.79 Å². The maximum atomic E-state index is 13.6. The van der Waals surface area contributed by atoms with Gasteiger partial charge >= 0.3 is 24.7 Å². The molecule has 0 fully saturated rings. The van der Waals surface area contributed by atoms with Crippen molar-refractivity contribution in [1.29, 1.82) is 0 Å². The van der Waals surface area contributed by atoms with Crippen LogP contribution < -0.4 is 5.06 Å². The van der Waals surface area contributed by atoms with Gasteiger partial charge in [-0.25, -0.2) is 9.86 Å². The Balaban J connectivity index is 2.14. The number of hydrogen-bond donors (Lipinski definition) is 0. The highest BCUT2D eigenvalue weighted by molar-refractivity contribution is 5.75.